The van der Waals surface area contributed by atoms with E-state index in [4.69, 9.17) is 25.7 Å². The van der Waals surface area contributed by atoms with Gasteiger partial charge in [-0.15, -0.1) is 0 Å². The van der Waals surface area contributed by atoms with Crippen LogP contribution in [0.15, 0.2) is 42.5 Å². The second kappa shape index (κ2) is 9.17. The van der Waals surface area contributed by atoms with Crippen molar-refractivity contribution >= 4 is 18.0 Å². The van der Waals surface area contributed by atoms with E-state index in [0.29, 0.717) is 56.1 Å². The Labute approximate surface area is 185 Å². The smallest absolute Gasteiger partial charge is 0.407 e. The van der Waals surface area contributed by atoms with Gasteiger partial charge in [-0.1, -0.05) is 6.07 Å². The number of guanidine groups is 1. The molecular formula is C23H26N4O5. The third kappa shape index (κ3) is 4.93. The maximum Gasteiger partial charge on any atom is 0.407 e. The average Bonchev–Trinajstić information content (AvgIpc) is 2.79. The first-order valence-corrected chi connectivity index (χ1v) is 10.6. The fraction of sp³-hybridized carbons (Fsp3) is 0.348. The molecule has 9 heteroatoms. The van der Waals surface area contributed by atoms with Crippen molar-refractivity contribution in [3.05, 3.63) is 59.2 Å². The molecule has 1 amide bonds. The van der Waals surface area contributed by atoms with E-state index in [0.717, 1.165) is 17.5 Å². The summed E-state index contributed by atoms with van der Waals surface area (Å²) in [5.41, 5.74) is 8.16. The van der Waals surface area contributed by atoms with Crippen LogP contribution in [0.3, 0.4) is 0 Å². The Morgan fingerprint density at radius 1 is 0.969 bits per heavy atom. The Morgan fingerprint density at radius 3 is 2.31 bits per heavy atom. The number of piperidine rings is 1. The third-order valence-corrected chi connectivity index (χ3v) is 5.85. The summed E-state index contributed by atoms with van der Waals surface area (Å²) in [5, 5.41) is 16.6. The maximum atomic E-state index is 12.6. The monoisotopic (exact) mass is 438 g/mol. The third-order valence-electron chi connectivity index (χ3n) is 5.85. The molecule has 0 atom stereocenters. The predicted molar refractivity (Wildman–Crippen MR) is 117 cm³/mol. The summed E-state index contributed by atoms with van der Waals surface area (Å²) in [6.07, 6.45) is 1.11. The molecule has 2 aliphatic heterocycles. The first-order valence-electron chi connectivity index (χ1n) is 10.6. The van der Waals surface area contributed by atoms with Crippen molar-refractivity contribution in [3.63, 3.8) is 0 Å². The molecule has 2 aromatic rings. The van der Waals surface area contributed by atoms with E-state index in [1.165, 1.54) is 4.90 Å². The topological polar surface area (TPSA) is 129 Å². The average molecular weight is 438 g/mol. The van der Waals surface area contributed by atoms with Gasteiger partial charge < -0.3 is 30.1 Å². The molecule has 0 spiro atoms. The van der Waals surface area contributed by atoms with Crippen molar-refractivity contribution in [3.8, 4) is 11.5 Å². The lowest BCUT2D eigenvalue weighted by Gasteiger charge is -2.30. The number of carbonyl (C=O) groups excluding carboxylic acids is 1. The molecular weight excluding hydrogens is 412 g/mol. The second-order valence-electron chi connectivity index (χ2n) is 7.99. The van der Waals surface area contributed by atoms with E-state index in [1.807, 2.05) is 12.1 Å². The van der Waals surface area contributed by atoms with Crippen LogP contribution < -0.4 is 15.2 Å². The Balaban J connectivity index is 1.34. The van der Waals surface area contributed by atoms with Gasteiger partial charge in [0.05, 0.1) is 5.56 Å². The van der Waals surface area contributed by atoms with Crippen LogP contribution in [0.5, 0.6) is 11.5 Å². The highest BCUT2D eigenvalue weighted by Gasteiger charge is 2.23. The Kier molecular flexibility index (Phi) is 6.16. The molecule has 4 N–H and O–H groups in total. The number of carboxylic acid groups (broad SMARTS) is 1. The van der Waals surface area contributed by atoms with Gasteiger partial charge in [-0.2, -0.15) is 0 Å². The standard InChI is InChI=1S/C23H26N4O5/c24-22(25)27-10-7-15-1-6-20(13-17(15)14-27)32-21(28)16-2-4-18(5-3-16)31-19-8-11-26(12-9-19)23(29)30/h1-6,13,19H,7-12,14H2,(H3,24,25)(H,29,30). The molecule has 32 heavy (non-hydrogen) atoms. The molecule has 1 saturated heterocycles. The lowest BCUT2D eigenvalue weighted by molar-refractivity contribution is 0.0734. The molecule has 2 aromatic carbocycles. The van der Waals surface area contributed by atoms with Crippen LogP contribution in [0, 0.1) is 5.41 Å². The number of nitrogens with zero attached hydrogens (tertiary/aromatic N) is 2. The van der Waals surface area contributed by atoms with Crippen LogP contribution in [0.25, 0.3) is 0 Å². The Hall–Kier alpha value is -3.75. The van der Waals surface area contributed by atoms with Gasteiger partial charge in [-0.25, -0.2) is 9.59 Å². The molecule has 0 unspecified atom stereocenters. The van der Waals surface area contributed by atoms with E-state index in [9.17, 15) is 9.59 Å². The quantitative estimate of drug-likeness (QED) is 0.290. The first kappa shape index (κ1) is 21.5. The molecule has 2 aliphatic rings. The molecule has 0 aromatic heterocycles. The number of rotatable bonds is 4. The van der Waals surface area contributed by atoms with Crippen molar-refractivity contribution in [1.29, 1.82) is 5.41 Å². The zero-order valence-corrected chi connectivity index (χ0v) is 17.6. The summed E-state index contributed by atoms with van der Waals surface area (Å²) in [6, 6.07) is 12.3. The Morgan fingerprint density at radius 2 is 1.66 bits per heavy atom. The van der Waals surface area contributed by atoms with Gasteiger partial charge in [0.25, 0.3) is 0 Å². The number of likely N-dealkylation sites (tertiary alicyclic amines) is 1. The molecule has 0 bridgehead atoms. The minimum atomic E-state index is -0.901. The van der Waals surface area contributed by atoms with Crippen LogP contribution in [0.2, 0.25) is 0 Å². The molecule has 2 heterocycles. The number of hydrogen-bond acceptors (Lipinski definition) is 5. The summed E-state index contributed by atoms with van der Waals surface area (Å²) >= 11 is 0. The lowest BCUT2D eigenvalue weighted by Crippen LogP contribution is -2.41. The second-order valence-corrected chi connectivity index (χ2v) is 7.99. The number of esters is 1. The minimum Gasteiger partial charge on any atom is -0.490 e. The highest BCUT2D eigenvalue weighted by Crippen LogP contribution is 2.25. The fourth-order valence-electron chi connectivity index (χ4n) is 4.00. The van der Waals surface area contributed by atoms with Gasteiger partial charge in [-0.05, 0) is 53.9 Å². The van der Waals surface area contributed by atoms with Gasteiger partial charge in [-0.3, -0.25) is 5.41 Å². The van der Waals surface area contributed by atoms with E-state index < -0.39 is 12.1 Å². The van der Waals surface area contributed by atoms with Crippen LogP contribution in [-0.2, 0) is 13.0 Å². The normalized spacial score (nSPS) is 16.2. The summed E-state index contributed by atoms with van der Waals surface area (Å²) < 4.78 is 11.5. The van der Waals surface area contributed by atoms with Crippen molar-refractivity contribution in [1.82, 2.24) is 9.80 Å². The van der Waals surface area contributed by atoms with Crippen LogP contribution in [0.1, 0.15) is 34.3 Å². The van der Waals surface area contributed by atoms with Crippen molar-refractivity contribution in [2.24, 2.45) is 5.73 Å². The number of amides is 1. The summed E-state index contributed by atoms with van der Waals surface area (Å²) in [7, 11) is 0. The highest BCUT2D eigenvalue weighted by atomic mass is 16.5. The SMILES string of the molecule is N=C(N)N1CCc2ccc(OC(=O)c3ccc(OC4CCN(C(=O)O)CC4)cc3)cc2C1. The molecule has 4 rings (SSSR count). The highest BCUT2D eigenvalue weighted by molar-refractivity contribution is 5.91. The van der Waals surface area contributed by atoms with E-state index in [2.05, 4.69) is 0 Å². The Bertz CT molecular complexity index is 1020. The van der Waals surface area contributed by atoms with Gasteiger partial charge >= 0.3 is 12.1 Å². The van der Waals surface area contributed by atoms with Crippen molar-refractivity contribution < 1.29 is 24.2 Å². The van der Waals surface area contributed by atoms with Crippen molar-refractivity contribution in [2.75, 3.05) is 19.6 Å². The predicted octanol–water partition coefficient (Wildman–Crippen LogP) is 2.68. The molecule has 0 aliphatic carbocycles. The van der Waals surface area contributed by atoms with E-state index in [1.54, 1.807) is 35.2 Å². The number of carbonyl (C=O) groups is 2. The van der Waals surface area contributed by atoms with E-state index >= 15 is 0 Å². The van der Waals surface area contributed by atoms with Gasteiger partial charge in [0, 0.05) is 39.0 Å². The number of fused-ring (bicyclic) bond motifs is 1. The molecule has 168 valence electrons. The number of benzene rings is 2. The van der Waals surface area contributed by atoms with Crippen LogP contribution >= 0.6 is 0 Å². The van der Waals surface area contributed by atoms with E-state index in [-0.39, 0.29) is 12.1 Å². The summed E-state index contributed by atoms with van der Waals surface area (Å²) in [6.45, 7) is 2.13. The molecule has 0 radical (unpaired) electrons. The van der Waals surface area contributed by atoms with Crippen LogP contribution in [0.4, 0.5) is 4.79 Å². The lowest BCUT2D eigenvalue weighted by atomic mass is 10.00. The maximum absolute atomic E-state index is 12.6. The molecule has 0 saturated carbocycles. The minimum absolute atomic E-state index is 0.0350. The largest absolute Gasteiger partial charge is 0.490 e. The number of ether oxygens (including phenoxy) is 2. The first-order chi connectivity index (χ1) is 15.4. The van der Waals surface area contributed by atoms with Crippen molar-refractivity contribution in [2.45, 2.75) is 31.9 Å². The fourth-order valence-corrected chi connectivity index (χ4v) is 4.00. The zero-order valence-electron chi connectivity index (χ0n) is 17.6. The number of nitrogens with two attached hydrogens (primary N) is 1. The number of hydrogen-bond donors (Lipinski definition) is 3. The molecule has 1 fully saturated rings. The van der Waals surface area contributed by atoms with Gasteiger partial charge in [0.1, 0.15) is 17.6 Å². The van der Waals surface area contributed by atoms with Crippen LogP contribution in [-0.4, -0.2) is 58.7 Å². The van der Waals surface area contributed by atoms with Gasteiger partial charge in [0.2, 0.25) is 0 Å². The van der Waals surface area contributed by atoms with Gasteiger partial charge in [0.15, 0.2) is 5.96 Å². The zero-order chi connectivity index (χ0) is 22.7. The summed E-state index contributed by atoms with van der Waals surface area (Å²) in [5.74, 6) is 0.649. The summed E-state index contributed by atoms with van der Waals surface area (Å²) in [4.78, 5) is 26.7. The number of nitrogens with one attached hydrogen (secondary N) is 1. The molecule has 9 nitrogen and oxygen atoms in total.